The standard InChI is InChI=1S/C10H13BrN2O/c11-8-3-7(4-12-5-8)10(14)6-13-9-1-2-9/h3-5,9-10,13-14H,1-2,6H2/t10-/m0/s1. The van der Waals surface area contributed by atoms with Gasteiger partial charge in [-0.05, 0) is 34.8 Å². The third-order valence-electron chi connectivity index (χ3n) is 2.29. The molecular formula is C10H13BrN2O. The first-order valence-electron chi connectivity index (χ1n) is 4.77. The van der Waals surface area contributed by atoms with Crippen molar-refractivity contribution in [3.8, 4) is 0 Å². The number of halogens is 1. The van der Waals surface area contributed by atoms with E-state index in [0.29, 0.717) is 12.6 Å². The molecule has 1 saturated carbocycles. The van der Waals surface area contributed by atoms with Crippen LogP contribution in [0.2, 0.25) is 0 Å². The highest BCUT2D eigenvalue weighted by Gasteiger charge is 2.21. The van der Waals surface area contributed by atoms with Gasteiger partial charge < -0.3 is 10.4 Å². The maximum atomic E-state index is 9.80. The molecule has 1 aliphatic carbocycles. The fourth-order valence-electron chi connectivity index (χ4n) is 1.29. The highest BCUT2D eigenvalue weighted by atomic mass is 79.9. The highest BCUT2D eigenvalue weighted by Crippen LogP contribution is 2.21. The van der Waals surface area contributed by atoms with E-state index in [1.165, 1.54) is 12.8 Å². The number of nitrogens with zero attached hydrogens (tertiary/aromatic N) is 1. The van der Waals surface area contributed by atoms with E-state index in [9.17, 15) is 5.11 Å². The number of pyridine rings is 1. The van der Waals surface area contributed by atoms with Gasteiger partial charge in [-0.3, -0.25) is 4.98 Å². The van der Waals surface area contributed by atoms with Crippen molar-refractivity contribution in [3.05, 3.63) is 28.5 Å². The lowest BCUT2D eigenvalue weighted by atomic mass is 10.1. The quantitative estimate of drug-likeness (QED) is 0.861. The van der Waals surface area contributed by atoms with Crippen LogP contribution >= 0.6 is 15.9 Å². The summed E-state index contributed by atoms with van der Waals surface area (Å²) in [5, 5.41) is 13.1. The fraction of sp³-hybridized carbons (Fsp3) is 0.500. The lowest BCUT2D eigenvalue weighted by Gasteiger charge is -2.11. The Bertz CT molecular complexity index is 315. The van der Waals surface area contributed by atoms with Crippen molar-refractivity contribution < 1.29 is 5.11 Å². The summed E-state index contributed by atoms with van der Waals surface area (Å²) >= 11 is 3.33. The monoisotopic (exact) mass is 256 g/mol. The minimum Gasteiger partial charge on any atom is -0.387 e. The Kier molecular flexibility index (Phi) is 3.15. The zero-order valence-electron chi connectivity index (χ0n) is 7.78. The SMILES string of the molecule is O[C@@H](CNC1CC1)c1cncc(Br)c1. The van der Waals surface area contributed by atoms with Crippen molar-refractivity contribution in [1.29, 1.82) is 0 Å². The molecule has 0 radical (unpaired) electrons. The minimum atomic E-state index is -0.458. The zero-order chi connectivity index (χ0) is 9.97. The predicted octanol–water partition coefficient (Wildman–Crippen LogP) is 1.63. The second-order valence-electron chi connectivity index (χ2n) is 3.63. The Balaban J connectivity index is 1.91. The van der Waals surface area contributed by atoms with Crippen LogP contribution in [0.1, 0.15) is 24.5 Å². The van der Waals surface area contributed by atoms with Crippen LogP contribution in [0, 0.1) is 0 Å². The van der Waals surface area contributed by atoms with E-state index < -0.39 is 6.10 Å². The van der Waals surface area contributed by atoms with Crippen LogP contribution in [0.3, 0.4) is 0 Å². The van der Waals surface area contributed by atoms with Crippen LogP contribution in [0.4, 0.5) is 0 Å². The minimum absolute atomic E-state index is 0.458. The van der Waals surface area contributed by atoms with Gasteiger partial charge in [-0.15, -0.1) is 0 Å². The summed E-state index contributed by atoms with van der Waals surface area (Å²) in [5.74, 6) is 0. The van der Waals surface area contributed by atoms with E-state index in [1.807, 2.05) is 6.07 Å². The Hall–Kier alpha value is -0.450. The number of aliphatic hydroxyl groups is 1. The molecule has 14 heavy (non-hydrogen) atoms. The molecule has 1 heterocycles. The van der Waals surface area contributed by atoms with E-state index in [2.05, 4.69) is 26.2 Å². The van der Waals surface area contributed by atoms with Gasteiger partial charge >= 0.3 is 0 Å². The summed E-state index contributed by atoms with van der Waals surface area (Å²) in [7, 11) is 0. The van der Waals surface area contributed by atoms with Crippen LogP contribution in [0.25, 0.3) is 0 Å². The Morgan fingerprint density at radius 1 is 1.57 bits per heavy atom. The fourth-order valence-corrected chi connectivity index (χ4v) is 1.68. The Labute approximate surface area is 91.7 Å². The molecule has 0 bridgehead atoms. The molecule has 0 aliphatic heterocycles. The number of hydrogen-bond acceptors (Lipinski definition) is 3. The highest BCUT2D eigenvalue weighted by molar-refractivity contribution is 9.10. The van der Waals surface area contributed by atoms with E-state index in [0.717, 1.165) is 10.0 Å². The van der Waals surface area contributed by atoms with Crippen LogP contribution in [-0.2, 0) is 0 Å². The molecule has 1 aliphatic rings. The maximum absolute atomic E-state index is 9.80. The number of aromatic nitrogens is 1. The van der Waals surface area contributed by atoms with Gasteiger partial charge in [-0.1, -0.05) is 0 Å². The average Bonchev–Trinajstić information content (AvgIpc) is 2.97. The van der Waals surface area contributed by atoms with Crippen LogP contribution < -0.4 is 5.32 Å². The molecule has 3 nitrogen and oxygen atoms in total. The summed E-state index contributed by atoms with van der Waals surface area (Å²) in [6.45, 7) is 0.614. The van der Waals surface area contributed by atoms with E-state index >= 15 is 0 Å². The molecule has 0 saturated heterocycles. The number of aliphatic hydroxyl groups excluding tert-OH is 1. The number of rotatable bonds is 4. The van der Waals surface area contributed by atoms with Crippen LogP contribution in [0.15, 0.2) is 22.9 Å². The molecule has 4 heteroatoms. The van der Waals surface area contributed by atoms with Crippen LogP contribution in [0.5, 0.6) is 0 Å². The molecule has 0 aromatic carbocycles. The average molecular weight is 257 g/mol. The zero-order valence-corrected chi connectivity index (χ0v) is 9.37. The smallest absolute Gasteiger partial charge is 0.0929 e. The van der Waals surface area contributed by atoms with E-state index in [-0.39, 0.29) is 0 Å². The van der Waals surface area contributed by atoms with Crippen molar-refractivity contribution in [2.45, 2.75) is 25.0 Å². The van der Waals surface area contributed by atoms with Gasteiger partial charge in [0.25, 0.3) is 0 Å². The van der Waals surface area contributed by atoms with Gasteiger partial charge in [0.2, 0.25) is 0 Å². The van der Waals surface area contributed by atoms with E-state index in [1.54, 1.807) is 12.4 Å². The lowest BCUT2D eigenvalue weighted by Crippen LogP contribution is -2.23. The number of hydrogen-bond donors (Lipinski definition) is 2. The normalized spacial score (nSPS) is 18.1. The molecular weight excluding hydrogens is 244 g/mol. The first-order valence-corrected chi connectivity index (χ1v) is 5.57. The van der Waals surface area contributed by atoms with E-state index in [4.69, 9.17) is 0 Å². The molecule has 0 unspecified atom stereocenters. The molecule has 2 rings (SSSR count). The van der Waals surface area contributed by atoms with Crippen molar-refractivity contribution in [3.63, 3.8) is 0 Å². The third-order valence-corrected chi connectivity index (χ3v) is 2.72. The summed E-state index contributed by atoms with van der Waals surface area (Å²) < 4.78 is 0.903. The second kappa shape index (κ2) is 4.38. The molecule has 1 fully saturated rings. The van der Waals surface area contributed by atoms with Gasteiger partial charge in [0.15, 0.2) is 0 Å². The summed E-state index contributed by atoms with van der Waals surface area (Å²) in [4.78, 5) is 4.01. The van der Waals surface area contributed by atoms with Crippen molar-refractivity contribution >= 4 is 15.9 Å². The molecule has 2 N–H and O–H groups in total. The summed E-state index contributed by atoms with van der Waals surface area (Å²) in [6.07, 6.45) is 5.43. The molecule has 1 aromatic rings. The summed E-state index contributed by atoms with van der Waals surface area (Å²) in [5.41, 5.74) is 0.854. The maximum Gasteiger partial charge on any atom is 0.0929 e. The Morgan fingerprint density at radius 3 is 3.00 bits per heavy atom. The molecule has 76 valence electrons. The van der Waals surface area contributed by atoms with Crippen molar-refractivity contribution in [1.82, 2.24) is 10.3 Å². The third kappa shape index (κ3) is 2.77. The molecule has 0 spiro atoms. The van der Waals surface area contributed by atoms with Gasteiger partial charge in [-0.2, -0.15) is 0 Å². The van der Waals surface area contributed by atoms with Gasteiger partial charge in [0, 0.05) is 35.0 Å². The predicted molar refractivity (Wildman–Crippen MR) is 57.9 cm³/mol. The largest absolute Gasteiger partial charge is 0.387 e. The lowest BCUT2D eigenvalue weighted by molar-refractivity contribution is 0.174. The first kappa shape index (κ1) is 10.1. The van der Waals surface area contributed by atoms with Crippen LogP contribution in [-0.4, -0.2) is 22.7 Å². The molecule has 0 amide bonds. The van der Waals surface area contributed by atoms with Gasteiger partial charge in [0.05, 0.1) is 6.10 Å². The van der Waals surface area contributed by atoms with Gasteiger partial charge in [0.1, 0.15) is 0 Å². The topological polar surface area (TPSA) is 45.1 Å². The Morgan fingerprint density at radius 2 is 2.36 bits per heavy atom. The summed E-state index contributed by atoms with van der Waals surface area (Å²) in [6, 6.07) is 2.52. The first-order chi connectivity index (χ1) is 6.75. The van der Waals surface area contributed by atoms with Gasteiger partial charge in [-0.25, -0.2) is 0 Å². The second-order valence-corrected chi connectivity index (χ2v) is 4.55. The number of nitrogens with one attached hydrogen (secondary N) is 1. The van der Waals surface area contributed by atoms with Crippen molar-refractivity contribution in [2.75, 3.05) is 6.54 Å². The van der Waals surface area contributed by atoms with Crippen molar-refractivity contribution in [2.24, 2.45) is 0 Å². The molecule has 1 aromatic heterocycles. The molecule has 1 atom stereocenters.